The van der Waals surface area contributed by atoms with Crippen LogP contribution in [0.1, 0.15) is 38.5 Å². The zero-order valence-corrected chi connectivity index (χ0v) is 52.9. The Morgan fingerprint density at radius 3 is 0.582 bits per heavy atom. The van der Waals surface area contributed by atoms with Crippen molar-refractivity contribution < 1.29 is 37.9 Å². The van der Waals surface area contributed by atoms with E-state index in [0.717, 1.165) is 137 Å². The number of alkyl halides is 2. The van der Waals surface area contributed by atoms with E-state index in [0.29, 0.717) is 26.4 Å². The van der Waals surface area contributed by atoms with Crippen LogP contribution in [0.15, 0.2) is 0 Å². The molecule has 67 heavy (non-hydrogen) atoms. The second-order valence-electron chi connectivity index (χ2n) is 13.5. The van der Waals surface area contributed by atoms with E-state index >= 15 is 0 Å². The van der Waals surface area contributed by atoms with Crippen molar-refractivity contribution in [1.29, 1.82) is 0 Å². The van der Waals surface area contributed by atoms with Gasteiger partial charge in [0.15, 0.2) is 0 Å². The highest BCUT2D eigenvalue weighted by atomic mass is 35.5. The maximum Gasteiger partial charge on any atom is 0.0967 e. The highest BCUT2D eigenvalue weighted by molar-refractivity contribution is 8.01. The summed E-state index contributed by atoms with van der Waals surface area (Å²) in [6.45, 7) is 12.3. The normalized spacial score (nSPS) is 11.2. The molecular weight excluding hydrogens is 1120 g/mol. The van der Waals surface area contributed by atoms with Gasteiger partial charge in [-0.3, -0.25) is 0 Å². The van der Waals surface area contributed by atoms with Crippen molar-refractivity contribution in [3.05, 3.63) is 0 Å². The van der Waals surface area contributed by atoms with Gasteiger partial charge in [0.25, 0.3) is 0 Å². The Morgan fingerprint density at radius 2 is 0.418 bits per heavy atom. The van der Waals surface area contributed by atoms with Gasteiger partial charge >= 0.3 is 0 Å². The summed E-state index contributed by atoms with van der Waals surface area (Å²) >= 11 is 37.6. The number of ether oxygens (including phenoxy) is 8. The lowest BCUT2D eigenvalue weighted by molar-refractivity contribution is 0.0605. The highest BCUT2D eigenvalue weighted by Gasteiger charge is 1.99. The molecule has 0 radical (unpaired) electrons. The predicted molar refractivity (Wildman–Crippen MR) is 334 cm³/mol. The first-order valence-electron chi connectivity index (χ1n) is 23.8. The predicted octanol–water partition coefficient (Wildman–Crippen LogP) is 12.3. The Hall–Kier alpha value is 4.46. The molecule has 0 saturated heterocycles. The lowest BCUT2D eigenvalue weighted by Crippen LogP contribution is -2.09. The lowest BCUT2D eigenvalue weighted by Gasteiger charge is -2.07. The van der Waals surface area contributed by atoms with Gasteiger partial charge in [0.2, 0.25) is 0 Å². The van der Waals surface area contributed by atoms with Crippen LogP contribution in [0.4, 0.5) is 0 Å². The first-order chi connectivity index (χ1) is 33.2. The fraction of sp³-hybridized carbons (Fsp3) is 1.00. The number of hydrogen-bond acceptors (Lipinski definition) is 20. The monoisotopic (exact) mass is 1220 g/mol. The molecule has 0 amide bonds. The van der Waals surface area contributed by atoms with Crippen LogP contribution in [0.5, 0.6) is 0 Å². The van der Waals surface area contributed by atoms with E-state index in [1.807, 2.05) is 118 Å². The minimum Gasteiger partial charge on any atom is -0.378 e. The summed E-state index contributed by atoms with van der Waals surface area (Å²) < 4.78 is 44.8. The van der Waals surface area contributed by atoms with E-state index < -0.39 is 0 Å². The molecule has 0 aliphatic rings. The summed E-state index contributed by atoms with van der Waals surface area (Å²) in [5.41, 5.74) is 0. The third kappa shape index (κ3) is 84.6. The van der Waals surface area contributed by atoms with Crippen LogP contribution in [-0.2, 0) is 37.9 Å². The smallest absolute Gasteiger partial charge is 0.0967 e. The van der Waals surface area contributed by atoms with Gasteiger partial charge in [-0.15, -0.1) is 23.2 Å². The molecule has 0 spiro atoms. The fourth-order valence-corrected chi connectivity index (χ4v) is 13.2. The summed E-state index contributed by atoms with van der Waals surface area (Å²) in [4.78, 5) is 0. The Bertz CT molecular complexity index is 756. The molecule has 0 aliphatic carbocycles. The van der Waals surface area contributed by atoms with Gasteiger partial charge in [-0.2, -0.15) is 143 Å². The van der Waals surface area contributed by atoms with Crippen molar-refractivity contribution in [2.75, 3.05) is 239 Å². The van der Waals surface area contributed by atoms with Crippen LogP contribution in [0.3, 0.4) is 0 Å². The quantitative estimate of drug-likeness (QED) is 0.0344. The Labute approximate surface area is 476 Å². The van der Waals surface area contributed by atoms with E-state index in [2.05, 4.69) is 37.8 Å². The van der Waals surface area contributed by atoms with Crippen LogP contribution in [0.25, 0.3) is 0 Å². The van der Waals surface area contributed by atoms with Crippen LogP contribution < -0.4 is 0 Å². The molecule has 0 atom stereocenters. The highest BCUT2D eigenvalue weighted by Crippen LogP contribution is 2.11. The van der Waals surface area contributed by atoms with Gasteiger partial charge in [-0.05, 0) is 120 Å². The average Bonchev–Trinajstić information content (AvgIpc) is 3.33. The second-order valence-corrected chi connectivity index (χ2v) is 26.9. The van der Waals surface area contributed by atoms with Gasteiger partial charge in [-0.1, -0.05) is 0 Å². The van der Waals surface area contributed by atoms with Gasteiger partial charge in [0.05, 0.1) is 111 Å². The summed E-state index contributed by atoms with van der Waals surface area (Å²) in [6, 6.07) is 0. The first kappa shape index (κ1) is 75.7. The summed E-state index contributed by atoms with van der Waals surface area (Å²) in [7, 11) is 0. The van der Waals surface area contributed by atoms with E-state index in [4.69, 9.17) is 61.1 Å². The van der Waals surface area contributed by atoms with Gasteiger partial charge in [0.1, 0.15) is 0 Å². The van der Waals surface area contributed by atoms with Crippen LogP contribution in [0, 0.1) is 0 Å². The molecule has 0 aromatic carbocycles. The zero-order valence-electron chi connectivity index (χ0n) is 41.4. The molecule has 0 aliphatic heterocycles. The van der Waals surface area contributed by atoms with E-state index in [-0.39, 0.29) is 5.34 Å². The molecule has 0 aromatic rings. The number of halogens is 2. The summed E-state index contributed by atoms with van der Waals surface area (Å²) in [5, 5.41) is 0.194. The Kier molecular flexibility index (Phi) is 89.6. The number of rotatable bonds is 58. The van der Waals surface area contributed by atoms with Crippen LogP contribution in [0.2, 0.25) is 0 Å². The van der Waals surface area contributed by atoms with Crippen LogP contribution in [-0.4, -0.2) is 239 Å². The molecule has 0 saturated carbocycles. The second kappa shape index (κ2) is 79.3. The zero-order chi connectivity index (χ0) is 49.1. The van der Waals surface area contributed by atoms with E-state index in [1.165, 1.54) is 96.1 Å². The van der Waals surface area contributed by atoms with Gasteiger partial charge in [0, 0.05) is 46.0 Å². The van der Waals surface area contributed by atoms with Crippen molar-refractivity contribution in [1.82, 2.24) is 0 Å². The average molecular weight is 1220 g/mol. The minimum absolute atomic E-state index is 0.194. The van der Waals surface area contributed by atoms with Gasteiger partial charge in [-0.25, -0.2) is 0 Å². The molecule has 408 valence electrons. The van der Waals surface area contributed by atoms with Crippen LogP contribution >= 0.6 is 166 Å². The lowest BCUT2D eigenvalue weighted by atomic mass is 10.6. The topological polar surface area (TPSA) is 73.8 Å². The third-order valence-electron chi connectivity index (χ3n) is 7.79. The maximum absolute atomic E-state index is 5.64. The molecule has 0 N–H and O–H groups in total. The van der Waals surface area contributed by atoms with Gasteiger partial charge < -0.3 is 37.9 Å². The molecule has 0 rings (SSSR count). The van der Waals surface area contributed by atoms with E-state index in [1.54, 1.807) is 0 Å². The van der Waals surface area contributed by atoms with Crippen molar-refractivity contribution in [3.8, 4) is 0 Å². The standard InChI is InChI=1S/C23H48O4S6.C21H44O4S6.CH2Cl2/c1-28-14-3-16-30-20-10-24-6-8-26-12-22-32-18-5-19-33-23-13-27-9-7-25-11-21-31-17-4-15-29-2;26-12-1-14-28-18-8-22-4-6-24-10-20-30-16-3-17-31-21-11-25-7-5-23-9-19-29-15-2-13-27;2-1-3/h3-23H2,1-2H3;26-27H,1-21H2;1H2. The Balaban J connectivity index is -0.00000116. The minimum atomic E-state index is 0.194. The summed E-state index contributed by atoms with van der Waals surface area (Å²) in [6.07, 6.45) is 11.8. The SMILES string of the molecule is CSCCCSCCOCCOCCSCCCSCCOCCOCCSCCCSC.ClCCl.SCCCSCCOCCOCCSCCCSCCOCCOCCSCCCS. The number of hydrogen-bond donors (Lipinski definition) is 2. The molecule has 0 bridgehead atoms. The molecule has 22 heteroatoms. The molecule has 0 unspecified atom stereocenters. The number of thiol groups is 2. The van der Waals surface area contributed by atoms with Crippen molar-refractivity contribution in [2.24, 2.45) is 0 Å². The van der Waals surface area contributed by atoms with E-state index in [9.17, 15) is 0 Å². The Morgan fingerprint density at radius 1 is 0.254 bits per heavy atom. The fourth-order valence-electron chi connectivity index (χ4n) is 4.52. The molecule has 0 aromatic heterocycles. The van der Waals surface area contributed by atoms with Crippen molar-refractivity contribution in [2.45, 2.75) is 38.5 Å². The molecule has 0 fully saturated rings. The van der Waals surface area contributed by atoms with Crippen molar-refractivity contribution in [3.63, 3.8) is 0 Å². The first-order valence-corrected chi connectivity index (χ1v) is 38.2. The molecule has 0 heterocycles. The summed E-state index contributed by atoms with van der Waals surface area (Å²) in [5.74, 6) is 22.8. The van der Waals surface area contributed by atoms with Crippen molar-refractivity contribution >= 4 is 166 Å². The maximum atomic E-state index is 5.64. The molecular formula is C45H94Cl2O8S12. The third-order valence-corrected chi connectivity index (χ3v) is 18.1. The number of thioether (sulfide) groups is 10. The largest absolute Gasteiger partial charge is 0.378 e. The molecule has 8 nitrogen and oxygen atoms in total.